The highest BCUT2D eigenvalue weighted by Gasteiger charge is 2.46. The third kappa shape index (κ3) is 4.58. The molecule has 3 aromatic rings. The van der Waals surface area contributed by atoms with Gasteiger partial charge in [-0.2, -0.15) is 18.3 Å². The number of anilines is 2. The fourth-order valence-electron chi connectivity index (χ4n) is 4.92. The maximum atomic E-state index is 13.2. The van der Waals surface area contributed by atoms with Gasteiger partial charge in [-0.3, -0.25) is 0 Å². The van der Waals surface area contributed by atoms with E-state index in [0.29, 0.717) is 50.2 Å². The Labute approximate surface area is 196 Å². The summed E-state index contributed by atoms with van der Waals surface area (Å²) in [5.74, 6) is -0.629. The van der Waals surface area contributed by atoms with Crippen molar-refractivity contribution in [2.45, 2.75) is 51.6 Å². The lowest BCUT2D eigenvalue weighted by Crippen LogP contribution is -2.42. The van der Waals surface area contributed by atoms with Crippen LogP contribution in [0.2, 0.25) is 0 Å². The van der Waals surface area contributed by atoms with Crippen LogP contribution in [-0.2, 0) is 12.7 Å². The van der Waals surface area contributed by atoms with Crippen molar-refractivity contribution < 1.29 is 27.1 Å². The van der Waals surface area contributed by atoms with E-state index in [4.69, 9.17) is 0 Å². The number of halogens is 5. The van der Waals surface area contributed by atoms with Crippen LogP contribution < -0.4 is 9.80 Å². The summed E-state index contributed by atoms with van der Waals surface area (Å²) in [6, 6.07) is 1.44. The summed E-state index contributed by atoms with van der Waals surface area (Å²) < 4.78 is 66.3. The molecule has 0 saturated carbocycles. The minimum atomic E-state index is -4.68. The van der Waals surface area contributed by atoms with E-state index in [2.05, 4.69) is 25.0 Å². The first-order valence-corrected chi connectivity index (χ1v) is 11.1. The van der Waals surface area contributed by atoms with Gasteiger partial charge >= 0.3 is 6.18 Å². The van der Waals surface area contributed by atoms with Gasteiger partial charge in [0.1, 0.15) is 29.9 Å². The van der Waals surface area contributed by atoms with E-state index in [1.807, 2.05) is 4.90 Å². The number of aromatic nitrogens is 6. The smallest absolute Gasteiger partial charge is 0.374 e. The number of hydrogen-bond donors (Lipinski definition) is 1. The number of fused-ring (bicyclic) bond motifs is 1. The Morgan fingerprint density at radius 1 is 1.11 bits per heavy atom. The molecular formula is C21H23F5N8O. The average molecular weight is 498 g/mol. The first-order chi connectivity index (χ1) is 16.5. The van der Waals surface area contributed by atoms with E-state index >= 15 is 0 Å². The molecule has 35 heavy (non-hydrogen) atoms. The Morgan fingerprint density at radius 2 is 1.86 bits per heavy atom. The standard InChI is InChI=1S/C21H23F5N8O/c1-12-6-15(31-19(29-12)21(24,25)26)33-11-20(7-17(33)35)2-4-32(5-3-20)16-9-27-13-8-28-34(10-14(22)23)18(13)30-16/h6,8-9,14,17,35H,2-5,7,10-11H2,1H3. The second-order valence-corrected chi connectivity index (χ2v) is 9.14. The fourth-order valence-corrected chi connectivity index (χ4v) is 4.92. The van der Waals surface area contributed by atoms with Crippen molar-refractivity contribution in [2.24, 2.45) is 5.41 Å². The number of aliphatic hydroxyl groups is 1. The third-order valence-electron chi connectivity index (χ3n) is 6.66. The Balaban J connectivity index is 1.31. The summed E-state index contributed by atoms with van der Waals surface area (Å²) in [7, 11) is 0. The Morgan fingerprint density at radius 3 is 2.54 bits per heavy atom. The second kappa shape index (κ2) is 8.50. The highest BCUT2D eigenvalue weighted by molar-refractivity contribution is 5.71. The van der Waals surface area contributed by atoms with Gasteiger partial charge in [0, 0.05) is 31.4 Å². The number of rotatable bonds is 4. The van der Waals surface area contributed by atoms with Gasteiger partial charge in [0.25, 0.3) is 6.43 Å². The van der Waals surface area contributed by atoms with Crippen LogP contribution in [-0.4, -0.2) is 67.1 Å². The highest BCUT2D eigenvalue weighted by atomic mass is 19.4. The summed E-state index contributed by atoms with van der Waals surface area (Å²) >= 11 is 0. The van der Waals surface area contributed by atoms with Gasteiger partial charge in [0.05, 0.1) is 12.4 Å². The van der Waals surface area contributed by atoms with Crippen molar-refractivity contribution in [3.8, 4) is 0 Å². The molecule has 2 fully saturated rings. The van der Waals surface area contributed by atoms with E-state index in [9.17, 15) is 27.1 Å². The zero-order valence-corrected chi connectivity index (χ0v) is 18.8. The molecule has 0 bridgehead atoms. The molecule has 0 aliphatic carbocycles. The molecule has 0 radical (unpaired) electrons. The minimum absolute atomic E-state index is 0.0558. The molecule has 2 saturated heterocycles. The largest absolute Gasteiger partial charge is 0.451 e. The molecule has 5 rings (SSSR count). The molecule has 2 aliphatic heterocycles. The van der Waals surface area contributed by atoms with Crippen LogP contribution in [0.15, 0.2) is 18.5 Å². The number of aryl methyl sites for hydroxylation is 1. The number of aliphatic hydroxyl groups excluding tert-OH is 1. The molecule has 2 aliphatic rings. The van der Waals surface area contributed by atoms with Crippen LogP contribution in [0.4, 0.5) is 33.6 Å². The van der Waals surface area contributed by atoms with Crippen LogP contribution in [0, 0.1) is 12.3 Å². The summed E-state index contributed by atoms with van der Waals surface area (Å²) in [6.07, 6.45) is -3.52. The first kappa shape index (κ1) is 23.6. The van der Waals surface area contributed by atoms with Crippen LogP contribution >= 0.6 is 0 Å². The van der Waals surface area contributed by atoms with Crippen molar-refractivity contribution in [3.05, 3.63) is 30.0 Å². The Kier molecular flexibility index (Phi) is 5.73. The van der Waals surface area contributed by atoms with E-state index in [1.54, 1.807) is 6.20 Å². The molecule has 5 heterocycles. The second-order valence-electron chi connectivity index (χ2n) is 9.14. The molecule has 188 valence electrons. The number of hydrogen-bond acceptors (Lipinski definition) is 8. The van der Waals surface area contributed by atoms with Gasteiger partial charge in [-0.1, -0.05) is 0 Å². The lowest BCUT2D eigenvalue weighted by molar-refractivity contribution is -0.145. The fraction of sp³-hybridized carbons (Fsp3) is 0.571. The van der Waals surface area contributed by atoms with Crippen molar-refractivity contribution in [2.75, 3.05) is 29.4 Å². The predicted molar refractivity (Wildman–Crippen MR) is 115 cm³/mol. The molecule has 0 aromatic carbocycles. The number of nitrogens with zero attached hydrogens (tertiary/aromatic N) is 8. The molecule has 9 nitrogen and oxygen atoms in total. The monoisotopic (exact) mass is 498 g/mol. The molecule has 1 unspecified atom stereocenters. The quantitative estimate of drug-likeness (QED) is 0.549. The summed E-state index contributed by atoms with van der Waals surface area (Å²) in [6.45, 7) is 2.39. The van der Waals surface area contributed by atoms with E-state index in [1.165, 1.54) is 24.1 Å². The van der Waals surface area contributed by atoms with Gasteiger partial charge in [-0.05, 0) is 31.6 Å². The van der Waals surface area contributed by atoms with Crippen molar-refractivity contribution in [1.82, 2.24) is 29.7 Å². The Bertz CT molecular complexity index is 1220. The van der Waals surface area contributed by atoms with Gasteiger partial charge in [0.2, 0.25) is 5.82 Å². The molecule has 3 aromatic heterocycles. The highest BCUT2D eigenvalue weighted by Crippen LogP contribution is 2.45. The average Bonchev–Trinajstić information content (AvgIpc) is 3.33. The molecule has 1 atom stereocenters. The molecular weight excluding hydrogens is 475 g/mol. The van der Waals surface area contributed by atoms with Gasteiger partial charge in [0.15, 0.2) is 5.65 Å². The lowest BCUT2D eigenvalue weighted by Gasteiger charge is -2.39. The summed E-state index contributed by atoms with van der Waals surface area (Å²) in [5, 5.41) is 14.6. The van der Waals surface area contributed by atoms with Crippen LogP contribution in [0.1, 0.15) is 30.8 Å². The molecule has 1 spiro atoms. The number of alkyl halides is 5. The summed E-state index contributed by atoms with van der Waals surface area (Å²) in [4.78, 5) is 19.4. The minimum Gasteiger partial charge on any atom is -0.374 e. The molecule has 1 N–H and O–H groups in total. The Hall–Kier alpha value is -3.16. The van der Waals surface area contributed by atoms with Crippen LogP contribution in [0.3, 0.4) is 0 Å². The molecule has 14 heteroatoms. The van der Waals surface area contributed by atoms with E-state index in [0.717, 1.165) is 4.68 Å². The normalized spacial score (nSPS) is 20.5. The predicted octanol–water partition coefficient (Wildman–Crippen LogP) is 3.02. The van der Waals surface area contributed by atoms with Crippen molar-refractivity contribution in [3.63, 3.8) is 0 Å². The van der Waals surface area contributed by atoms with Crippen molar-refractivity contribution in [1.29, 1.82) is 0 Å². The van der Waals surface area contributed by atoms with Crippen molar-refractivity contribution >= 4 is 22.8 Å². The van der Waals surface area contributed by atoms with Gasteiger partial charge in [-0.15, -0.1) is 0 Å². The van der Waals surface area contributed by atoms with Crippen LogP contribution in [0.25, 0.3) is 11.2 Å². The zero-order chi connectivity index (χ0) is 25.0. The van der Waals surface area contributed by atoms with E-state index in [-0.39, 0.29) is 22.6 Å². The van der Waals surface area contributed by atoms with Crippen LogP contribution in [0.5, 0.6) is 0 Å². The SMILES string of the molecule is Cc1cc(N2CC3(CCN(c4cnc5cnn(CC(F)F)c5n4)CC3)CC2O)nc(C(F)(F)F)n1. The lowest BCUT2D eigenvalue weighted by atomic mass is 9.77. The topological polar surface area (TPSA) is 96.1 Å². The van der Waals surface area contributed by atoms with E-state index < -0.39 is 31.2 Å². The number of piperidine rings is 1. The maximum Gasteiger partial charge on any atom is 0.451 e. The maximum absolute atomic E-state index is 13.2. The van der Waals surface area contributed by atoms with Gasteiger partial charge < -0.3 is 14.9 Å². The third-order valence-corrected chi connectivity index (χ3v) is 6.66. The van der Waals surface area contributed by atoms with Gasteiger partial charge in [-0.25, -0.2) is 33.4 Å². The molecule has 0 amide bonds. The summed E-state index contributed by atoms with van der Waals surface area (Å²) in [5.41, 5.74) is 0.577. The first-order valence-electron chi connectivity index (χ1n) is 11.1. The zero-order valence-electron chi connectivity index (χ0n) is 18.8.